The lowest BCUT2D eigenvalue weighted by molar-refractivity contribution is -0.138. The molecule has 0 radical (unpaired) electrons. The second-order valence-corrected chi connectivity index (χ2v) is 7.64. The fourth-order valence-electron chi connectivity index (χ4n) is 2.65. The van der Waals surface area contributed by atoms with Crippen molar-refractivity contribution in [2.75, 3.05) is 11.9 Å². The van der Waals surface area contributed by atoms with Gasteiger partial charge in [0.2, 0.25) is 11.8 Å². The third-order valence-corrected chi connectivity index (χ3v) is 5.17. The fourth-order valence-corrected chi connectivity index (χ4v) is 2.95. The van der Waals surface area contributed by atoms with Crippen LogP contribution in [0, 0.1) is 5.41 Å². The van der Waals surface area contributed by atoms with Gasteiger partial charge < -0.3 is 10.6 Å². The molecule has 2 N–H and O–H groups in total. The fraction of sp³-hybridized carbons (Fsp3) is 0.474. The van der Waals surface area contributed by atoms with Gasteiger partial charge in [0.1, 0.15) is 5.41 Å². The van der Waals surface area contributed by atoms with Crippen molar-refractivity contribution in [1.82, 2.24) is 5.32 Å². The smallest absolute Gasteiger partial charge is 0.239 e. The molecule has 0 saturated heterocycles. The van der Waals surface area contributed by atoms with Crippen LogP contribution >= 0.6 is 23.2 Å². The predicted molar refractivity (Wildman–Crippen MR) is 103 cm³/mol. The summed E-state index contributed by atoms with van der Waals surface area (Å²) in [5, 5.41) is 6.35. The van der Waals surface area contributed by atoms with Crippen molar-refractivity contribution in [2.45, 2.75) is 46.0 Å². The minimum absolute atomic E-state index is 0.290. The van der Waals surface area contributed by atoms with Crippen molar-refractivity contribution in [1.29, 1.82) is 0 Å². The number of anilines is 1. The first-order chi connectivity index (χ1) is 11.8. The molecule has 136 valence electrons. The van der Waals surface area contributed by atoms with Crippen molar-refractivity contribution in [3.63, 3.8) is 0 Å². The van der Waals surface area contributed by atoms with Gasteiger partial charge in [0, 0.05) is 12.2 Å². The van der Waals surface area contributed by atoms with E-state index in [1.807, 2.05) is 0 Å². The number of carbonyl (C=O) groups excluding carboxylic acids is 2. The Balaban J connectivity index is 1.89. The maximum Gasteiger partial charge on any atom is 0.239 e. The summed E-state index contributed by atoms with van der Waals surface area (Å²) in [4.78, 5) is 24.9. The van der Waals surface area contributed by atoms with Crippen molar-refractivity contribution >= 4 is 40.7 Å². The molecule has 0 aliphatic heterocycles. The first-order valence-corrected chi connectivity index (χ1v) is 9.29. The van der Waals surface area contributed by atoms with Crippen LogP contribution in [0.1, 0.15) is 46.0 Å². The SMILES string of the molecule is CC(C)(C(=O)NCCC1=CCCCC1)C(=O)Nc1ccc(Cl)c(Cl)c1. The number of hydrogen-bond acceptors (Lipinski definition) is 2. The lowest BCUT2D eigenvalue weighted by Crippen LogP contribution is -2.45. The van der Waals surface area contributed by atoms with E-state index in [0.717, 1.165) is 19.3 Å². The van der Waals surface area contributed by atoms with Crippen LogP contribution < -0.4 is 10.6 Å². The topological polar surface area (TPSA) is 58.2 Å². The van der Waals surface area contributed by atoms with Gasteiger partial charge in [-0.15, -0.1) is 0 Å². The zero-order valence-corrected chi connectivity index (χ0v) is 16.1. The first-order valence-electron chi connectivity index (χ1n) is 8.53. The van der Waals surface area contributed by atoms with E-state index in [0.29, 0.717) is 22.3 Å². The van der Waals surface area contributed by atoms with Gasteiger partial charge in [-0.3, -0.25) is 9.59 Å². The normalized spacial score (nSPS) is 14.6. The third-order valence-electron chi connectivity index (χ3n) is 4.43. The number of amides is 2. The van der Waals surface area contributed by atoms with Gasteiger partial charge in [0.15, 0.2) is 0 Å². The molecule has 2 amide bonds. The number of nitrogens with one attached hydrogen (secondary N) is 2. The molecule has 25 heavy (non-hydrogen) atoms. The molecule has 0 aromatic heterocycles. The molecular weight excluding hydrogens is 359 g/mol. The molecule has 0 bridgehead atoms. The summed E-state index contributed by atoms with van der Waals surface area (Å²) in [6.45, 7) is 3.76. The van der Waals surface area contributed by atoms with E-state index in [2.05, 4.69) is 16.7 Å². The molecule has 2 rings (SSSR count). The van der Waals surface area contributed by atoms with E-state index < -0.39 is 5.41 Å². The summed E-state index contributed by atoms with van der Waals surface area (Å²) in [6.07, 6.45) is 7.81. The number of allylic oxidation sites excluding steroid dienone is 1. The highest BCUT2D eigenvalue weighted by Gasteiger charge is 2.35. The van der Waals surface area contributed by atoms with Gasteiger partial charge in [-0.1, -0.05) is 34.9 Å². The highest BCUT2D eigenvalue weighted by molar-refractivity contribution is 6.42. The third kappa shape index (κ3) is 5.48. The first kappa shape index (κ1) is 19.8. The van der Waals surface area contributed by atoms with Crippen molar-refractivity contribution in [3.8, 4) is 0 Å². The van der Waals surface area contributed by atoms with Gasteiger partial charge in [0.05, 0.1) is 10.0 Å². The van der Waals surface area contributed by atoms with Crippen LogP contribution in [-0.2, 0) is 9.59 Å². The Bertz CT molecular complexity index is 684. The van der Waals surface area contributed by atoms with Crippen LogP contribution in [0.4, 0.5) is 5.69 Å². The van der Waals surface area contributed by atoms with Gasteiger partial charge in [-0.2, -0.15) is 0 Å². The second kappa shape index (κ2) is 8.72. The second-order valence-electron chi connectivity index (χ2n) is 6.82. The highest BCUT2D eigenvalue weighted by Crippen LogP contribution is 2.26. The van der Waals surface area contributed by atoms with Gasteiger partial charge >= 0.3 is 0 Å². The number of benzene rings is 1. The van der Waals surface area contributed by atoms with E-state index >= 15 is 0 Å². The van der Waals surface area contributed by atoms with E-state index in [4.69, 9.17) is 23.2 Å². The van der Waals surface area contributed by atoms with E-state index in [1.54, 1.807) is 32.0 Å². The number of rotatable bonds is 6. The zero-order valence-electron chi connectivity index (χ0n) is 14.6. The predicted octanol–water partition coefficient (Wildman–Crippen LogP) is 4.96. The van der Waals surface area contributed by atoms with Crippen LogP contribution in [-0.4, -0.2) is 18.4 Å². The Morgan fingerprint density at radius 2 is 1.88 bits per heavy atom. The summed E-state index contributed by atoms with van der Waals surface area (Å²) in [5.41, 5.74) is 0.713. The Labute approximate surface area is 159 Å². The number of hydrogen-bond donors (Lipinski definition) is 2. The molecule has 0 unspecified atom stereocenters. The summed E-state index contributed by atoms with van der Waals surface area (Å²) >= 11 is 11.8. The lowest BCUT2D eigenvalue weighted by Gasteiger charge is -2.23. The van der Waals surface area contributed by atoms with E-state index in [9.17, 15) is 9.59 Å². The lowest BCUT2D eigenvalue weighted by atomic mass is 9.90. The molecule has 6 heteroatoms. The summed E-state index contributed by atoms with van der Waals surface area (Å²) in [7, 11) is 0. The molecule has 0 fully saturated rings. The quantitative estimate of drug-likeness (QED) is 0.539. The minimum Gasteiger partial charge on any atom is -0.355 e. The van der Waals surface area contributed by atoms with E-state index in [1.165, 1.54) is 18.4 Å². The molecular formula is C19H24Cl2N2O2. The maximum absolute atomic E-state index is 12.5. The number of carbonyl (C=O) groups is 2. The summed E-state index contributed by atoms with van der Waals surface area (Å²) < 4.78 is 0. The van der Waals surface area contributed by atoms with Crippen LogP contribution in [0.15, 0.2) is 29.8 Å². The van der Waals surface area contributed by atoms with Crippen molar-refractivity contribution < 1.29 is 9.59 Å². The standard InChI is InChI=1S/C19H24Cl2N2O2/c1-19(2,17(24)22-11-10-13-6-4-3-5-7-13)18(25)23-14-8-9-15(20)16(21)12-14/h6,8-9,12H,3-5,7,10-11H2,1-2H3,(H,22,24)(H,23,25). The van der Waals surface area contributed by atoms with Crippen molar-refractivity contribution in [3.05, 3.63) is 39.9 Å². The van der Waals surface area contributed by atoms with Crippen LogP contribution in [0.2, 0.25) is 10.0 Å². The van der Waals surface area contributed by atoms with E-state index in [-0.39, 0.29) is 11.8 Å². The van der Waals surface area contributed by atoms with Crippen LogP contribution in [0.25, 0.3) is 0 Å². The number of halogens is 2. The zero-order chi connectivity index (χ0) is 18.4. The largest absolute Gasteiger partial charge is 0.355 e. The highest BCUT2D eigenvalue weighted by atomic mass is 35.5. The average Bonchev–Trinajstić information content (AvgIpc) is 2.59. The van der Waals surface area contributed by atoms with Crippen molar-refractivity contribution in [2.24, 2.45) is 5.41 Å². The van der Waals surface area contributed by atoms with Gasteiger partial charge in [0.25, 0.3) is 0 Å². The molecule has 0 spiro atoms. The monoisotopic (exact) mass is 382 g/mol. The van der Waals surface area contributed by atoms with Crippen LogP contribution in [0.3, 0.4) is 0 Å². The Hall–Kier alpha value is -1.52. The molecule has 1 aliphatic carbocycles. The van der Waals surface area contributed by atoms with Gasteiger partial charge in [-0.05, 0) is 64.2 Å². The Morgan fingerprint density at radius 1 is 1.12 bits per heavy atom. The molecule has 0 saturated carbocycles. The summed E-state index contributed by atoms with van der Waals surface area (Å²) in [6, 6.07) is 4.81. The molecule has 4 nitrogen and oxygen atoms in total. The van der Waals surface area contributed by atoms with Gasteiger partial charge in [-0.25, -0.2) is 0 Å². The Morgan fingerprint density at radius 3 is 2.52 bits per heavy atom. The molecule has 0 heterocycles. The average molecular weight is 383 g/mol. The Kier molecular flexibility index (Phi) is 6.91. The molecule has 1 aromatic rings. The molecule has 1 aromatic carbocycles. The summed E-state index contributed by atoms with van der Waals surface area (Å²) in [5.74, 6) is -0.679. The molecule has 0 atom stereocenters. The van der Waals surface area contributed by atoms with Crippen LogP contribution in [0.5, 0.6) is 0 Å². The maximum atomic E-state index is 12.5. The minimum atomic E-state index is -1.19. The molecule has 1 aliphatic rings.